The highest BCUT2D eigenvalue weighted by atomic mass is 35.5. The Labute approximate surface area is 169 Å². The highest BCUT2D eigenvalue weighted by molar-refractivity contribution is 6.35. The highest BCUT2D eigenvalue weighted by Gasteiger charge is 2.11. The SMILES string of the molecule is O=C(COC(=O)CCn1cnc2ccccc2c1=O)Nc1cc(Cl)ccc1Cl. The van der Waals surface area contributed by atoms with E-state index in [1.165, 1.54) is 17.0 Å². The van der Waals surface area contributed by atoms with E-state index in [9.17, 15) is 14.4 Å². The van der Waals surface area contributed by atoms with E-state index in [4.69, 9.17) is 27.9 Å². The fraction of sp³-hybridized carbons (Fsp3) is 0.158. The van der Waals surface area contributed by atoms with Crippen LogP contribution < -0.4 is 10.9 Å². The highest BCUT2D eigenvalue weighted by Crippen LogP contribution is 2.25. The van der Waals surface area contributed by atoms with Gasteiger partial charge in [0.1, 0.15) is 0 Å². The van der Waals surface area contributed by atoms with Gasteiger partial charge in [0.05, 0.1) is 34.4 Å². The molecule has 0 bridgehead atoms. The van der Waals surface area contributed by atoms with Crippen molar-refractivity contribution in [2.24, 2.45) is 0 Å². The van der Waals surface area contributed by atoms with Gasteiger partial charge in [0.25, 0.3) is 11.5 Å². The Morgan fingerprint density at radius 3 is 2.75 bits per heavy atom. The summed E-state index contributed by atoms with van der Waals surface area (Å²) in [6, 6.07) is 11.6. The Morgan fingerprint density at radius 1 is 1.14 bits per heavy atom. The van der Waals surface area contributed by atoms with Gasteiger partial charge in [-0.05, 0) is 30.3 Å². The summed E-state index contributed by atoms with van der Waals surface area (Å²) >= 11 is 11.8. The van der Waals surface area contributed by atoms with Crippen LogP contribution in [0.1, 0.15) is 6.42 Å². The molecule has 0 spiro atoms. The van der Waals surface area contributed by atoms with E-state index >= 15 is 0 Å². The fourth-order valence-electron chi connectivity index (χ4n) is 2.47. The molecule has 0 radical (unpaired) electrons. The summed E-state index contributed by atoms with van der Waals surface area (Å²) in [5.74, 6) is -1.17. The molecule has 3 rings (SSSR count). The van der Waals surface area contributed by atoms with Crippen molar-refractivity contribution < 1.29 is 14.3 Å². The summed E-state index contributed by atoms with van der Waals surface area (Å²) in [5, 5.41) is 3.70. The molecule has 1 amide bonds. The Hall–Kier alpha value is -2.90. The fourth-order valence-corrected chi connectivity index (χ4v) is 2.81. The van der Waals surface area contributed by atoms with Crippen LogP contribution in [0.4, 0.5) is 5.69 Å². The molecule has 28 heavy (non-hydrogen) atoms. The van der Waals surface area contributed by atoms with Crippen LogP contribution in [-0.2, 0) is 20.9 Å². The van der Waals surface area contributed by atoms with Gasteiger partial charge in [0.15, 0.2) is 6.61 Å². The average molecular weight is 420 g/mol. The van der Waals surface area contributed by atoms with Crippen molar-refractivity contribution in [3.05, 3.63) is 69.2 Å². The largest absolute Gasteiger partial charge is 0.456 e. The molecule has 0 atom stereocenters. The lowest BCUT2D eigenvalue weighted by molar-refractivity contribution is -0.147. The third-order valence-electron chi connectivity index (χ3n) is 3.86. The van der Waals surface area contributed by atoms with E-state index in [-0.39, 0.29) is 18.5 Å². The average Bonchev–Trinajstić information content (AvgIpc) is 2.69. The molecule has 9 heteroatoms. The van der Waals surface area contributed by atoms with Gasteiger partial charge < -0.3 is 10.1 Å². The van der Waals surface area contributed by atoms with Crippen molar-refractivity contribution in [3.8, 4) is 0 Å². The minimum atomic E-state index is -0.618. The number of fused-ring (bicyclic) bond motifs is 1. The van der Waals surface area contributed by atoms with Gasteiger partial charge >= 0.3 is 5.97 Å². The van der Waals surface area contributed by atoms with Gasteiger partial charge in [-0.25, -0.2) is 4.98 Å². The van der Waals surface area contributed by atoms with Crippen LogP contribution in [0.2, 0.25) is 10.0 Å². The number of benzene rings is 2. The Bertz CT molecular complexity index is 1100. The summed E-state index contributed by atoms with van der Waals surface area (Å²) in [7, 11) is 0. The summed E-state index contributed by atoms with van der Waals surface area (Å²) in [6.45, 7) is -0.385. The lowest BCUT2D eigenvalue weighted by atomic mass is 10.2. The zero-order chi connectivity index (χ0) is 20.1. The molecule has 1 N–H and O–H groups in total. The Balaban J connectivity index is 1.52. The molecule has 2 aromatic carbocycles. The lowest BCUT2D eigenvalue weighted by Gasteiger charge is -2.09. The van der Waals surface area contributed by atoms with Gasteiger partial charge in [-0.3, -0.25) is 19.0 Å². The molecule has 0 saturated heterocycles. The maximum Gasteiger partial charge on any atom is 0.308 e. The van der Waals surface area contributed by atoms with Crippen LogP contribution in [-0.4, -0.2) is 28.0 Å². The maximum atomic E-state index is 12.4. The molecule has 0 saturated carbocycles. The number of hydrogen-bond donors (Lipinski definition) is 1. The Kier molecular flexibility index (Phi) is 6.28. The molecule has 144 valence electrons. The third-order valence-corrected chi connectivity index (χ3v) is 4.42. The monoisotopic (exact) mass is 419 g/mol. The molecule has 1 aromatic heterocycles. The smallest absolute Gasteiger partial charge is 0.308 e. The first-order chi connectivity index (χ1) is 13.4. The zero-order valence-electron chi connectivity index (χ0n) is 14.5. The summed E-state index contributed by atoms with van der Waals surface area (Å²) < 4.78 is 6.26. The molecule has 3 aromatic rings. The van der Waals surface area contributed by atoms with Gasteiger partial charge in [-0.1, -0.05) is 35.3 Å². The minimum Gasteiger partial charge on any atom is -0.456 e. The second-order valence-electron chi connectivity index (χ2n) is 5.84. The number of nitrogens with zero attached hydrogens (tertiary/aromatic N) is 2. The lowest BCUT2D eigenvalue weighted by Crippen LogP contribution is -2.24. The van der Waals surface area contributed by atoms with E-state index in [1.807, 2.05) is 0 Å². The minimum absolute atomic E-state index is 0.0782. The first-order valence-corrected chi connectivity index (χ1v) is 9.04. The summed E-state index contributed by atoms with van der Waals surface area (Å²) in [5.41, 5.74) is 0.665. The van der Waals surface area contributed by atoms with E-state index in [0.29, 0.717) is 26.6 Å². The van der Waals surface area contributed by atoms with E-state index < -0.39 is 18.5 Å². The molecule has 0 aliphatic heterocycles. The van der Waals surface area contributed by atoms with Crippen LogP contribution >= 0.6 is 23.2 Å². The van der Waals surface area contributed by atoms with Crippen LogP contribution in [0.5, 0.6) is 0 Å². The maximum absolute atomic E-state index is 12.4. The summed E-state index contributed by atoms with van der Waals surface area (Å²) in [6.07, 6.45) is 1.30. The number of amides is 1. The van der Waals surface area contributed by atoms with Crippen molar-refractivity contribution in [1.29, 1.82) is 0 Å². The van der Waals surface area contributed by atoms with Crippen LogP contribution in [0.15, 0.2) is 53.6 Å². The predicted molar refractivity (Wildman–Crippen MR) is 107 cm³/mol. The number of carbonyl (C=O) groups excluding carboxylic acids is 2. The van der Waals surface area contributed by atoms with Crippen LogP contribution in [0, 0.1) is 0 Å². The third kappa shape index (κ3) is 4.88. The standard InChI is InChI=1S/C19H15Cl2N3O4/c20-12-5-6-14(21)16(9-12)23-17(25)10-28-18(26)7-8-24-11-22-15-4-2-1-3-13(15)19(24)27/h1-6,9,11H,7-8,10H2,(H,23,25). The van der Waals surface area contributed by atoms with Gasteiger partial charge in [0.2, 0.25) is 0 Å². The van der Waals surface area contributed by atoms with Crippen molar-refractivity contribution in [2.45, 2.75) is 13.0 Å². The topological polar surface area (TPSA) is 90.3 Å². The molecular formula is C19H15Cl2N3O4. The molecule has 0 fully saturated rings. The molecule has 0 unspecified atom stereocenters. The van der Waals surface area contributed by atoms with Gasteiger partial charge in [0, 0.05) is 11.6 Å². The molecule has 0 aliphatic rings. The molecular weight excluding hydrogens is 405 g/mol. The number of aryl methyl sites for hydroxylation is 1. The van der Waals surface area contributed by atoms with E-state index in [1.54, 1.807) is 36.4 Å². The number of esters is 1. The van der Waals surface area contributed by atoms with Crippen molar-refractivity contribution in [3.63, 3.8) is 0 Å². The zero-order valence-corrected chi connectivity index (χ0v) is 16.0. The number of carbonyl (C=O) groups is 2. The number of aromatic nitrogens is 2. The number of nitrogens with one attached hydrogen (secondary N) is 1. The van der Waals surface area contributed by atoms with Gasteiger partial charge in [-0.15, -0.1) is 0 Å². The molecule has 0 aliphatic carbocycles. The van der Waals surface area contributed by atoms with Crippen LogP contribution in [0.25, 0.3) is 10.9 Å². The predicted octanol–water partition coefficient (Wildman–Crippen LogP) is 3.28. The Morgan fingerprint density at radius 2 is 1.93 bits per heavy atom. The normalized spacial score (nSPS) is 10.6. The van der Waals surface area contributed by atoms with Crippen molar-refractivity contribution in [1.82, 2.24) is 9.55 Å². The number of anilines is 1. The molecule has 7 nitrogen and oxygen atoms in total. The second-order valence-corrected chi connectivity index (χ2v) is 6.69. The van der Waals surface area contributed by atoms with Crippen LogP contribution in [0.3, 0.4) is 0 Å². The van der Waals surface area contributed by atoms with Crippen molar-refractivity contribution >= 4 is 51.7 Å². The first kappa shape index (κ1) is 19.9. The first-order valence-electron chi connectivity index (χ1n) is 8.29. The number of halogens is 2. The number of ether oxygens (including phenoxy) is 1. The van der Waals surface area contributed by atoms with E-state index in [2.05, 4.69) is 10.3 Å². The quantitative estimate of drug-likeness (QED) is 0.619. The van der Waals surface area contributed by atoms with Crippen molar-refractivity contribution in [2.75, 3.05) is 11.9 Å². The second kappa shape index (κ2) is 8.86. The molecule has 1 heterocycles. The number of para-hydroxylation sites is 1. The van der Waals surface area contributed by atoms with Gasteiger partial charge in [-0.2, -0.15) is 0 Å². The summed E-state index contributed by atoms with van der Waals surface area (Å²) in [4.78, 5) is 40.3. The van der Waals surface area contributed by atoms with E-state index in [0.717, 1.165) is 0 Å². The number of rotatable bonds is 6. The number of hydrogen-bond acceptors (Lipinski definition) is 5.